The first kappa shape index (κ1) is 14.1. The van der Waals surface area contributed by atoms with Crippen molar-refractivity contribution in [2.24, 2.45) is 0 Å². The van der Waals surface area contributed by atoms with E-state index in [2.05, 4.69) is 10.3 Å². The summed E-state index contributed by atoms with van der Waals surface area (Å²) in [6.07, 6.45) is -2.39. The maximum atomic E-state index is 12.7. The van der Waals surface area contributed by atoms with Crippen LogP contribution in [0.1, 0.15) is 18.4 Å². The highest BCUT2D eigenvalue weighted by Crippen LogP contribution is 2.33. The van der Waals surface area contributed by atoms with Gasteiger partial charge in [-0.1, -0.05) is 0 Å². The summed E-state index contributed by atoms with van der Waals surface area (Å²) in [5.41, 5.74) is -1.87. The first-order chi connectivity index (χ1) is 8.91. The van der Waals surface area contributed by atoms with Crippen molar-refractivity contribution in [1.29, 1.82) is 0 Å². The summed E-state index contributed by atoms with van der Waals surface area (Å²) in [5.74, 6) is -0.255. The molecule has 4 nitrogen and oxygen atoms in total. The van der Waals surface area contributed by atoms with Gasteiger partial charge in [-0.25, -0.2) is 4.98 Å². The third kappa shape index (κ3) is 3.57. The van der Waals surface area contributed by atoms with Crippen LogP contribution in [-0.2, 0) is 10.9 Å². The number of nitrogens with zero attached hydrogens (tertiary/aromatic N) is 1. The first-order valence-corrected chi connectivity index (χ1v) is 5.97. The van der Waals surface area contributed by atoms with E-state index in [4.69, 9.17) is 4.74 Å². The zero-order chi connectivity index (χ0) is 13.9. The minimum absolute atomic E-state index is 0.0243. The summed E-state index contributed by atoms with van der Waals surface area (Å²) >= 11 is 0. The number of ether oxygens (including phenoxy) is 1. The average molecular weight is 276 g/mol. The number of nitrogens with one attached hydrogen (secondary N) is 1. The molecule has 19 heavy (non-hydrogen) atoms. The number of alkyl halides is 3. The number of halogens is 3. The van der Waals surface area contributed by atoms with Gasteiger partial charge in [-0.15, -0.1) is 0 Å². The molecule has 2 rings (SSSR count). The van der Waals surface area contributed by atoms with Crippen LogP contribution in [0.15, 0.2) is 18.3 Å². The molecule has 0 aliphatic carbocycles. The fourth-order valence-corrected chi connectivity index (χ4v) is 1.95. The first-order valence-electron chi connectivity index (χ1n) is 5.97. The second-order valence-corrected chi connectivity index (χ2v) is 4.59. The van der Waals surface area contributed by atoms with Gasteiger partial charge in [0, 0.05) is 38.8 Å². The Morgan fingerprint density at radius 3 is 2.68 bits per heavy atom. The Kier molecular flexibility index (Phi) is 3.96. The Bertz CT molecular complexity index is 431. The SMILES string of the molecule is OC1(CNc2ncccc2C(F)(F)F)CCOCC1. The van der Waals surface area contributed by atoms with Crippen LogP contribution in [-0.4, -0.2) is 35.5 Å². The molecule has 0 saturated carbocycles. The van der Waals surface area contributed by atoms with Crippen molar-refractivity contribution < 1.29 is 23.0 Å². The van der Waals surface area contributed by atoms with Crippen LogP contribution in [0.3, 0.4) is 0 Å². The third-order valence-electron chi connectivity index (χ3n) is 3.12. The number of pyridine rings is 1. The number of rotatable bonds is 3. The number of hydrogen-bond acceptors (Lipinski definition) is 4. The van der Waals surface area contributed by atoms with Crippen LogP contribution in [0.2, 0.25) is 0 Å². The second kappa shape index (κ2) is 5.34. The highest BCUT2D eigenvalue weighted by molar-refractivity contribution is 5.45. The molecular formula is C12H15F3N2O2. The molecule has 0 spiro atoms. The standard InChI is InChI=1S/C12H15F3N2O2/c13-12(14,15)9-2-1-5-16-10(9)17-8-11(18)3-6-19-7-4-11/h1-2,5,18H,3-4,6-8H2,(H,16,17). The van der Waals surface area contributed by atoms with E-state index in [0.29, 0.717) is 26.1 Å². The molecule has 0 radical (unpaired) electrons. The lowest BCUT2D eigenvalue weighted by molar-refractivity contribution is -0.137. The fraction of sp³-hybridized carbons (Fsp3) is 0.583. The lowest BCUT2D eigenvalue weighted by atomic mass is 9.94. The Morgan fingerprint density at radius 2 is 2.05 bits per heavy atom. The minimum atomic E-state index is -4.46. The van der Waals surface area contributed by atoms with Gasteiger partial charge in [0.2, 0.25) is 0 Å². The molecule has 1 fully saturated rings. The summed E-state index contributed by atoms with van der Waals surface area (Å²) in [4.78, 5) is 3.69. The Morgan fingerprint density at radius 1 is 1.37 bits per heavy atom. The van der Waals surface area contributed by atoms with E-state index in [1.807, 2.05) is 0 Å². The molecular weight excluding hydrogens is 261 g/mol. The molecule has 2 heterocycles. The van der Waals surface area contributed by atoms with E-state index in [1.54, 1.807) is 0 Å². The molecule has 0 unspecified atom stereocenters. The monoisotopic (exact) mass is 276 g/mol. The van der Waals surface area contributed by atoms with Gasteiger partial charge in [0.1, 0.15) is 5.82 Å². The van der Waals surface area contributed by atoms with Gasteiger partial charge in [-0.2, -0.15) is 13.2 Å². The van der Waals surface area contributed by atoms with Crippen LogP contribution >= 0.6 is 0 Å². The van der Waals surface area contributed by atoms with Crippen LogP contribution < -0.4 is 5.32 Å². The van der Waals surface area contributed by atoms with Crippen molar-refractivity contribution in [3.8, 4) is 0 Å². The minimum Gasteiger partial charge on any atom is -0.388 e. The van der Waals surface area contributed by atoms with Gasteiger partial charge < -0.3 is 15.2 Å². The van der Waals surface area contributed by atoms with Gasteiger partial charge in [0.15, 0.2) is 0 Å². The molecule has 0 bridgehead atoms. The predicted molar refractivity (Wildman–Crippen MR) is 62.7 cm³/mol. The van der Waals surface area contributed by atoms with Crippen molar-refractivity contribution in [2.45, 2.75) is 24.6 Å². The Labute approximate surface area is 108 Å². The molecule has 1 aromatic rings. The third-order valence-corrected chi connectivity index (χ3v) is 3.12. The van der Waals surface area contributed by atoms with Gasteiger partial charge in [-0.05, 0) is 12.1 Å². The van der Waals surface area contributed by atoms with Crippen molar-refractivity contribution in [3.63, 3.8) is 0 Å². The number of aliphatic hydroxyl groups is 1. The number of hydrogen-bond donors (Lipinski definition) is 2. The van der Waals surface area contributed by atoms with Gasteiger partial charge >= 0.3 is 6.18 Å². The molecule has 1 aromatic heterocycles. The molecule has 0 aromatic carbocycles. The van der Waals surface area contributed by atoms with E-state index in [1.165, 1.54) is 12.3 Å². The van der Waals surface area contributed by atoms with Crippen molar-refractivity contribution in [1.82, 2.24) is 4.98 Å². The lowest BCUT2D eigenvalue weighted by Gasteiger charge is -2.32. The number of anilines is 1. The zero-order valence-electron chi connectivity index (χ0n) is 10.2. The predicted octanol–water partition coefficient (Wildman–Crippen LogP) is 2.05. The molecule has 106 valence electrons. The molecule has 1 aliphatic rings. The molecule has 1 saturated heterocycles. The molecule has 2 N–H and O–H groups in total. The average Bonchev–Trinajstić information content (AvgIpc) is 2.37. The maximum Gasteiger partial charge on any atom is 0.419 e. The fourth-order valence-electron chi connectivity index (χ4n) is 1.95. The highest BCUT2D eigenvalue weighted by Gasteiger charge is 2.35. The molecule has 0 atom stereocenters. The van der Waals surface area contributed by atoms with Crippen molar-refractivity contribution in [2.75, 3.05) is 25.1 Å². The zero-order valence-corrected chi connectivity index (χ0v) is 10.2. The van der Waals surface area contributed by atoms with Crippen LogP contribution in [0, 0.1) is 0 Å². The van der Waals surface area contributed by atoms with Crippen molar-refractivity contribution in [3.05, 3.63) is 23.9 Å². The van der Waals surface area contributed by atoms with Crippen LogP contribution in [0.5, 0.6) is 0 Å². The highest BCUT2D eigenvalue weighted by atomic mass is 19.4. The lowest BCUT2D eigenvalue weighted by Crippen LogP contribution is -2.42. The quantitative estimate of drug-likeness (QED) is 0.887. The topological polar surface area (TPSA) is 54.4 Å². The van der Waals surface area contributed by atoms with Gasteiger partial charge in [-0.3, -0.25) is 0 Å². The van der Waals surface area contributed by atoms with Crippen LogP contribution in [0.25, 0.3) is 0 Å². The molecule has 0 amide bonds. The summed E-state index contributed by atoms with van der Waals surface area (Å²) < 4.78 is 43.4. The van der Waals surface area contributed by atoms with Gasteiger partial charge in [0.25, 0.3) is 0 Å². The van der Waals surface area contributed by atoms with E-state index >= 15 is 0 Å². The van der Waals surface area contributed by atoms with E-state index in [9.17, 15) is 18.3 Å². The van der Waals surface area contributed by atoms with E-state index in [-0.39, 0.29) is 12.4 Å². The second-order valence-electron chi connectivity index (χ2n) is 4.59. The Hall–Kier alpha value is -1.34. The normalized spacial score (nSPS) is 19.2. The largest absolute Gasteiger partial charge is 0.419 e. The summed E-state index contributed by atoms with van der Waals surface area (Å²) in [6.45, 7) is 0.843. The van der Waals surface area contributed by atoms with Crippen LogP contribution in [0.4, 0.5) is 19.0 Å². The molecule has 7 heteroatoms. The molecule has 1 aliphatic heterocycles. The summed E-state index contributed by atoms with van der Waals surface area (Å²) in [6, 6.07) is 2.19. The van der Waals surface area contributed by atoms with E-state index in [0.717, 1.165) is 6.07 Å². The van der Waals surface area contributed by atoms with Gasteiger partial charge in [0.05, 0.1) is 11.2 Å². The van der Waals surface area contributed by atoms with Crippen molar-refractivity contribution >= 4 is 5.82 Å². The number of aromatic nitrogens is 1. The summed E-state index contributed by atoms with van der Waals surface area (Å²) in [5, 5.41) is 12.8. The Balaban J connectivity index is 2.07. The van der Waals surface area contributed by atoms with E-state index < -0.39 is 17.3 Å². The smallest absolute Gasteiger partial charge is 0.388 e. The summed E-state index contributed by atoms with van der Waals surface area (Å²) in [7, 11) is 0. The maximum absolute atomic E-state index is 12.7.